The van der Waals surface area contributed by atoms with Gasteiger partial charge in [-0.1, -0.05) is 11.6 Å². The molecule has 0 saturated heterocycles. The highest BCUT2D eigenvalue weighted by molar-refractivity contribution is 6.32. The van der Waals surface area contributed by atoms with E-state index in [1.54, 1.807) is 31.4 Å². The fraction of sp³-hybridized carbons (Fsp3) is 0.312. The summed E-state index contributed by atoms with van der Waals surface area (Å²) in [6.07, 6.45) is 1.52. The molecule has 1 atom stereocenters. The van der Waals surface area contributed by atoms with Gasteiger partial charge in [0.05, 0.1) is 25.5 Å². The molecule has 1 aromatic heterocycles. The maximum atomic E-state index is 11.4. The van der Waals surface area contributed by atoms with Gasteiger partial charge in [-0.2, -0.15) is 4.98 Å². The summed E-state index contributed by atoms with van der Waals surface area (Å²) >= 11 is 6.11. The molecule has 2 aromatic rings. The van der Waals surface area contributed by atoms with Crippen molar-refractivity contribution in [1.29, 1.82) is 0 Å². The van der Waals surface area contributed by atoms with Crippen LogP contribution in [-0.2, 0) is 9.47 Å². The molecule has 0 aliphatic rings. The number of benzene rings is 1. The van der Waals surface area contributed by atoms with Crippen LogP contribution in [0.4, 0.5) is 17.5 Å². The number of rotatable bonds is 7. The van der Waals surface area contributed by atoms with Crippen molar-refractivity contribution >= 4 is 47.4 Å². The van der Waals surface area contributed by atoms with Crippen molar-refractivity contribution in [3.8, 4) is 0 Å². The molecule has 0 aliphatic carbocycles. The second-order valence-corrected chi connectivity index (χ2v) is 5.49. The SMILES string of the molecule is COCC(C)Nc1nc(Nc2ccc(C(=O)OC)cc2)ncc1Cl.Cl. The Morgan fingerprint density at radius 2 is 1.96 bits per heavy atom. The Bertz CT molecular complexity index is 698. The zero-order valence-corrected chi connectivity index (χ0v) is 15.6. The standard InChI is InChI=1S/C16H19ClN4O3.ClH/c1-10(9-23-2)19-14-13(17)8-18-16(21-14)20-12-6-4-11(5-7-12)15(22)24-3;/h4-8,10H,9H2,1-3H3,(H2,18,19,20,21);1H. The number of anilines is 3. The van der Waals surface area contributed by atoms with Crippen molar-refractivity contribution in [2.45, 2.75) is 13.0 Å². The van der Waals surface area contributed by atoms with Crippen LogP contribution in [0.3, 0.4) is 0 Å². The van der Waals surface area contributed by atoms with E-state index < -0.39 is 0 Å². The maximum absolute atomic E-state index is 11.4. The summed E-state index contributed by atoms with van der Waals surface area (Å²) in [5.41, 5.74) is 1.21. The molecule has 136 valence electrons. The number of esters is 1. The Balaban J connectivity index is 0.00000312. The number of nitrogens with zero attached hydrogens (tertiary/aromatic N) is 2. The summed E-state index contributed by atoms with van der Waals surface area (Å²) in [6.45, 7) is 2.48. The number of methoxy groups -OCH3 is 2. The van der Waals surface area contributed by atoms with E-state index in [1.165, 1.54) is 13.3 Å². The number of carbonyl (C=O) groups is 1. The Morgan fingerprint density at radius 3 is 2.56 bits per heavy atom. The molecule has 0 spiro atoms. The van der Waals surface area contributed by atoms with E-state index in [4.69, 9.17) is 16.3 Å². The first-order chi connectivity index (χ1) is 11.5. The molecule has 0 amide bonds. The number of halogens is 2. The number of aromatic nitrogens is 2. The largest absolute Gasteiger partial charge is 0.465 e. The molecular weight excluding hydrogens is 367 g/mol. The van der Waals surface area contributed by atoms with Gasteiger partial charge in [0.25, 0.3) is 0 Å². The zero-order chi connectivity index (χ0) is 17.5. The molecule has 1 heterocycles. The van der Waals surface area contributed by atoms with Crippen LogP contribution in [0, 0.1) is 0 Å². The van der Waals surface area contributed by atoms with E-state index in [-0.39, 0.29) is 24.4 Å². The molecule has 0 fully saturated rings. The molecule has 2 N–H and O–H groups in total. The van der Waals surface area contributed by atoms with Crippen LogP contribution >= 0.6 is 24.0 Å². The highest BCUT2D eigenvalue weighted by Crippen LogP contribution is 2.22. The van der Waals surface area contributed by atoms with Gasteiger partial charge in [0.2, 0.25) is 5.95 Å². The molecule has 1 aromatic carbocycles. The van der Waals surface area contributed by atoms with E-state index in [9.17, 15) is 4.79 Å². The van der Waals surface area contributed by atoms with Gasteiger partial charge in [-0.15, -0.1) is 12.4 Å². The van der Waals surface area contributed by atoms with E-state index in [0.29, 0.717) is 29.0 Å². The quantitative estimate of drug-likeness (QED) is 0.703. The van der Waals surface area contributed by atoms with E-state index in [0.717, 1.165) is 5.69 Å². The van der Waals surface area contributed by atoms with Crippen LogP contribution in [0.1, 0.15) is 17.3 Å². The Morgan fingerprint density at radius 1 is 1.28 bits per heavy atom. The normalized spacial score (nSPS) is 11.2. The first-order valence-electron chi connectivity index (χ1n) is 7.27. The minimum atomic E-state index is -0.386. The van der Waals surface area contributed by atoms with E-state index >= 15 is 0 Å². The van der Waals surface area contributed by atoms with Crippen LogP contribution in [0.5, 0.6) is 0 Å². The van der Waals surface area contributed by atoms with Gasteiger partial charge in [-0.25, -0.2) is 9.78 Å². The van der Waals surface area contributed by atoms with Gasteiger partial charge in [0.1, 0.15) is 5.02 Å². The number of carbonyl (C=O) groups excluding carboxylic acids is 1. The predicted molar refractivity (Wildman–Crippen MR) is 100 cm³/mol. The molecule has 0 saturated carbocycles. The molecule has 25 heavy (non-hydrogen) atoms. The Labute approximate surface area is 157 Å². The molecule has 0 bridgehead atoms. The number of nitrogens with one attached hydrogen (secondary N) is 2. The molecule has 9 heteroatoms. The van der Waals surface area contributed by atoms with E-state index in [2.05, 4.69) is 25.3 Å². The third kappa shape index (κ3) is 6.04. The second-order valence-electron chi connectivity index (χ2n) is 5.08. The van der Waals surface area contributed by atoms with Crippen LogP contribution < -0.4 is 10.6 Å². The summed E-state index contributed by atoms with van der Waals surface area (Å²) in [5.74, 6) is 0.519. The highest BCUT2D eigenvalue weighted by Gasteiger charge is 2.10. The molecule has 7 nitrogen and oxygen atoms in total. The minimum absolute atomic E-state index is 0. The second kappa shape index (κ2) is 10.0. The predicted octanol–water partition coefficient (Wildman–Crippen LogP) is 3.53. The summed E-state index contributed by atoms with van der Waals surface area (Å²) in [5, 5.41) is 6.64. The van der Waals surface area contributed by atoms with Crippen molar-refractivity contribution < 1.29 is 14.3 Å². The lowest BCUT2D eigenvalue weighted by Crippen LogP contribution is -2.22. The summed E-state index contributed by atoms with van der Waals surface area (Å²) in [7, 11) is 2.97. The molecule has 0 radical (unpaired) electrons. The monoisotopic (exact) mass is 386 g/mol. The maximum Gasteiger partial charge on any atom is 0.337 e. The average Bonchev–Trinajstić information content (AvgIpc) is 2.58. The van der Waals surface area contributed by atoms with Crippen molar-refractivity contribution in [2.75, 3.05) is 31.5 Å². The van der Waals surface area contributed by atoms with Gasteiger partial charge >= 0.3 is 5.97 Å². The van der Waals surface area contributed by atoms with E-state index in [1.807, 2.05) is 6.92 Å². The van der Waals surface area contributed by atoms with Gasteiger partial charge in [0.15, 0.2) is 5.82 Å². The Kier molecular flexibility index (Phi) is 8.40. The lowest BCUT2D eigenvalue weighted by atomic mass is 10.2. The van der Waals surface area contributed by atoms with Gasteiger partial charge in [-0.05, 0) is 31.2 Å². The zero-order valence-electron chi connectivity index (χ0n) is 14.1. The summed E-state index contributed by atoms with van der Waals surface area (Å²) in [4.78, 5) is 19.9. The molecule has 0 aliphatic heterocycles. The van der Waals surface area contributed by atoms with Gasteiger partial charge < -0.3 is 20.1 Å². The van der Waals surface area contributed by atoms with Crippen molar-refractivity contribution in [2.24, 2.45) is 0 Å². The van der Waals surface area contributed by atoms with Crippen LogP contribution in [0.25, 0.3) is 0 Å². The molecule has 1 unspecified atom stereocenters. The van der Waals surface area contributed by atoms with Gasteiger partial charge in [-0.3, -0.25) is 0 Å². The topological polar surface area (TPSA) is 85.4 Å². The Hall–Kier alpha value is -2.09. The summed E-state index contributed by atoms with van der Waals surface area (Å²) < 4.78 is 9.74. The lowest BCUT2D eigenvalue weighted by Gasteiger charge is -2.15. The molecule has 2 rings (SSSR count). The first kappa shape index (κ1) is 21.0. The fourth-order valence-electron chi connectivity index (χ4n) is 1.99. The third-order valence-corrected chi connectivity index (χ3v) is 3.38. The number of hydrogen-bond acceptors (Lipinski definition) is 7. The highest BCUT2D eigenvalue weighted by atomic mass is 35.5. The van der Waals surface area contributed by atoms with Crippen LogP contribution in [0.2, 0.25) is 5.02 Å². The third-order valence-electron chi connectivity index (χ3n) is 3.11. The van der Waals surface area contributed by atoms with Crippen LogP contribution in [0.15, 0.2) is 30.5 Å². The smallest absolute Gasteiger partial charge is 0.337 e. The lowest BCUT2D eigenvalue weighted by molar-refractivity contribution is 0.0601. The fourth-order valence-corrected chi connectivity index (χ4v) is 2.14. The van der Waals surface area contributed by atoms with Crippen molar-refractivity contribution in [1.82, 2.24) is 9.97 Å². The number of hydrogen-bond donors (Lipinski definition) is 2. The first-order valence-corrected chi connectivity index (χ1v) is 7.64. The molecular formula is C16H20Cl2N4O3. The number of ether oxygens (including phenoxy) is 2. The van der Waals surface area contributed by atoms with Crippen molar-refractivity contribution in [3.63, 3.8) is 0 Å². The van der Waals surface area contributed by atoms with Crippen molar-refractivity contribution in [3.05, 3.63) is 41.0 Å². The minimum Gasteiger partial charge on any atom is -0.465 e. The van der Waals surface area contributed by atoms with Crippen LogP contribution in [-0.4, -0.2) is 42.8 Å². The summed E-state index contributed by atoms with van der Waals surface area (Å²) in [6, 6.07) is 6.85. The average molecular weight is 387 g/mol. The van der Waals surface area contributed by atoms with Gasteiger partial charge in [0, 0.05) is 18.8 Å².